The first kappa shape index (κ1) is 14.0. The molecule has 1 aliphatic carbocycles. The second kappa shape index (κ2) is 5.44. The lowest BCUT2D eigenvalue weighted by atomic mass is 10.2. The van der Waals surface area contributed by atoms with Gasteiger partial charge in [-0.25, -0.2) is 4.79 Å². The first-order valence-electron chi connectivity index (χ1n) is 6.78. The SMILES string of the molecule is CNc1snc(C)c1C(=O)O[C@@H](C)c1nc(C2CC2)no1. The van der Waals surface area contributed by atoms with E-state index in [1.165, 1.54) is 11.5 Å². The van der Waals surface area contributed by atoms with Crippen LogP contribution in [-0.4, -0.2) is 27.5 Å². The van der Waals surface area contributed by atoms with Gasteiger partial charge in [0.15, 0.2) is 11.9 Å². The van der Waals surface area contributed by atoms with Crippen molar-refractivity contribution in [3.8, 4) is 0 Å². The van der Waals surface area contributed by atoms with Crippen LogP contribution in [0.4, 0.5) is 5.00 Å². The molecule has 3 rings (SSSR count). The minimum Gasteiger partial charge on any atom is -0.449 e. The summed E-state index contributed by atoms with van der Waals surface area (Å²) >= 11 is 1.23. The average molecular weight is 308 g/mol. The number of nitrogens with zero attached hydrogens (tertiary/aromatic N) is 3. The molecule has 112 valence electrons. The topological polar surface area (TPSA) is 90.1 Å². The Balaban J connectivity index is 1.72. The van der Waals surface area contributed by atoms with Crippen molar-refractivity contribution in [1.82, 2.24) is 14.5 Å². The molecule has 0 aromatic carbocycles. The number of aryl methyl sites for hydroxylation is 1. The summed E-state index contributed by atoms with van der Waals surface area (Å²) in [6.45, 7) is 3.49. The molecule has 0 aliphatic heterocycles. The lowest BCUT2D eigenvalue weighted by Gasteiger charge is -2.09. The third-order valence-corrected chi connectivity index (χ3v) is 4.28. The van der Waals surface area contributed by atoms with Crippen LogP contribution in [-0.2, 0) is 4.74 Å². The highest BCUT2D eigenvalue weighted by Gasteiger charge is 2.30. The predicted molar refractivity (Wildman–Crippen MR) is 76.5 cm³/mol. The summed E-state index contributed by atoms with van der Waals surface area (Å²) < 4.78 is 14.7. The van der Waals surface area contributed by atoms with E-state index in [1.807, 2.05) is 0 Å². The molecule has 0 radical (unpaired) electrons. The molecule has 1 aliphatic rings. The van der Waals surface area contributed by atoms with Crippen LogP contribution in [0.2, 0.25) is 0 Å². The van der Waals surface area contributed by atoms with Gasteiger partial charge in [0.2, 0.25) is 0 Å². The summed E-state index contributed by atoms with van der Waals surface area (Å²) in [5, 5.41) is 7.55. The second-order valence-electron chi connectivity index (χ2n) is 5.03. The number of rotatable bonds is 5. The Morgan fingerprint density at radius 1 is 1.52 bits per heavy atom. The third kappa shape index (κ3) is 2.76. The molecule has 1 atom stereocenters. The number of ether oxygens (including phenoxy) is 1. The molecule has 1 N–H and O–H groups in total. The highest BCUT2D eigenvalue weighted by molar-refractivity contribution is 7.10. The zero-order chi connectivity index (χ0) is 15.0. The molecule has 0 bridgehead atoms. The van der Waals surface area contributed by atoms with E-state index in [0.29, 0.717) is 33.9 Å². The molecule has 0 saturated heterocycles. The molecule has 2 aromatic rings. The maximum absolute atomic E-state index is 12.3. The number of hydrogen-bond acceptors (Lipinski definition) is 8. The number of hydrogen-bond donors (Lipinski definition) is 1. The highest BCUT2D eigenvalue weighted by atomic mass is 32.1. The van der Waals surface area contributed by atoms with E-state index in [0.717, 1.165) is 12.8 Å². The van der Waals surface area contributed by atoms with E-state index in [1.54, 1.807) is 20.9 Å². The van der Waals surface area contributed by atoms with Crippen LogP contribution in [0.5, 0.6) is 0 Å². The molecule has 0 unspecified atom stereocenters. The van der Waals surface area contributed by atoms with Gasteiger partial charge < -0.3 is 14.6 Å². The fraction of sp³-hybridized carbons (Fsp3) is 0.538. The average Bonchev–Trinajstić information content (AvgIpc) is 3.06. The Morgan fingerprint density at radius 3 is 2.95 bits per heavy atom. The summed E-state index contributed by atoms with van der Waals surface area (Å²) in [7, 11) is 1.74. The monoisotopic (exact) mass is 308 g/mol. The van der Waals surface area contributed by atoms with E-state index in [2.05, 4.69) is 19.8 Å². The van der Waals surface area contributed by atoms with E-state index in [9.17, 15) is 4.79 Å². The molecule has 0 spiro atoms. The number of aromatic nitrogens is 3. The zero-order valence-electron chi connectivity index (χ0n) is 12.0. The molecular formula is C13H16N4O3S. The molecule has 1 saturated carbocycles. The maximum atomic E-state index is 12.3. The Bertz CT molecular complexity index is 662. The van der Waals surface area contributed by atoms with Crippen LogP contribution in [0.3, 0.4) is 0 Å². The van der Waals surface area contributed by atoms with Crippen LogP contribution in [0.15, 0.2) is 4.52 Å². The molecule has 8 heteroatoms. The van der Waals surface area contributed by atoms with Crippen molar-refractivity contribution in [2.45, 2.75) is 38.7 Å². The standard InChI is InChI=1S/C13H16N4O3S/c1-6-9(12(14-3)21-17-6)13(18)19-7(2)11-15-10(16-20-11)8-4-5-8/h7-8,14H,4-5H2,1-3H3/t7-/m0/s1. The van der Waals surface area contributed by atoms with E-state index >= 15 is 0 Å². The Labute approximate surface area is 125 Å². The van der Waals surface area contributed by atoms with Gasteiger partial charge in [0, 0.05) is 13.0 Å². The summed E-state index contributed by atoms with van der Waals surface area (Å²) in [6.07, 6.45) is 1.61. The second-order valence-corrected chi connectivity index (χ2v) is 5.81. The Hall–Kier alpha value is -1.96. The van der Waals surface area contributed by atoms with Crippen molar-refractivity contribution in [3.63, 3.8) is 0 Å². The zero-order valence-corrected chi connectivity index (χ0v) is 12.9. The quantitative estimate of drug-likeness (QED) is 0.849. The van der Waals surface area contributed by atoms with Gasteiger partial charge in [-0.05, 0) is 38.2 Å². The number of carbonyl (C=O) groups is 1. The molecule has 0 amide bonds. The van der Waals surface area contributed by atoms with Gasteiger partial charge >= 0.3 is 5.97 Å². The van der Waals surface area contributed by atoms with Crippen molar-refractivity contribution in [2.24, 2.45) is 0 Å². The first-order chi connectivity index (χ1) is 10.1. The van der Waals surface area contributed by atoms with Gasteiger partial charge in [-0.2, -0.15) is 9.36 Å². The molecule has 2 heterocycles. The van der Waals surface area contributed by atoms with Gasteiger partial charge in [0.1, 0.15) is 10.6 Å². The normalized spacial score (nSPS) is 15.8. The van der Waals surface area contributed by atoms with E-state index in [4.69, 9.17) is 9.26 Å². The summed E-state index contributed by atoms with van der Waals surface area (Å²) in [5.41, 5.74) is 1.10. The van der Waals surface area contributed by atoms with E-state index in [-0.39, 0.29) is 0 Å². The van der Waals surface area contributed by atoms with Crippen molar-refractivity contribution >= 4 is 22.5 Å². The lowest BCUT2D eigenvalue weighted by Crippen LogP contribution is -2.11. The fourth-order valence-corrected chi connectivity index (χ4v) is 2.70. The molecule has 7 nitrogen and oxygen atoms in total. The van der Waals surface area contributed by atoms with Crippen LogP contribution in [0.25, 0.3) is 0 Å². The lowest BCUT2D eigenvalue weighted by molar-refractivity contribution is 0.0266. The summed E-state index contributed by atoms with van der Waals surface area (Å²) in [4.78, 5) is 16.5. The molecule has 2 aromatic heterocycles. The van der Waals surface area contributed by atoms with Crippen LogP contribution >= 0.6 is 11.5 Å². The van der Waals surface area contributed by atoms with Crippen LogP contribution < -0.4 is 5.32 Å². The molecular weight excluding hydrogens is 292 g/mol. The first-order valence-corrected chi connectivity index (χ1v) is 7.56. The van der Waals surface area contributed by atoms with Crippen LogP contribution in [0.1, 0.15) is 59.6 Å². The smallest absolute Gasteiger partial charge is 0.343 e. The number of carbonyl (C=O) groups excluding carboxylic acids is 1. The minimum atomic E-state index is -0.582. The van der Waals surface area contributed by atoms with Crippen molar-refractivity contribution in [2.75, 3.05) is 12.4 Å². The third-order valence-electron chi connectivity index (χ3n) is 3.33. The fourth-order valence-electron chi connectivity index (χ4n) is 1.97. The van der Waals surface area contributed by atoms with Crippen molar-refractivity contribution in [3.05, 3.63) is 23.0 Å². The minimum absolute atomic E-state index is 0.331. The number of nitrogens with one attached hydrogen (secondary N) is 1. The van der Waals surface area contributed by atoms with E-state index < -0.39 is 12.1 Å². The van der Waals surface area contributed by atoms with Gasteiger partial charge in [-0.15, -0.1) is 0 Å². The number of esters is 1. The largest absolute Gasteiger partial charge is 0.449 e. The molecule has 21 heavy (non-hydrogen) atoms. The van der Waals surface area contributed by atoms with Gasteiger partial charge in [0.05, 0.1) is 5.69 Å². The van der Waals surface area contributed by atoms with Gasteiger partial charge in [-0.3, -0.25) is 0 Å². The number of anilines is 1. The highest BCUT2D eigenvalue weighted by Crippen LogP contribution is 2.38. The molecule has 1 fully saturated rings. The van der Waals surface area contributed by atoms with Crippen molar-refractivity contribution in [1.29, 1.82) is 0 Å². The van der Waals surface area contributed by atoms with Crippen LogP contribution in [0, 0.1) is 6.92 Å². The van der Waals surface area contributed by atoms with Gasteiger partial charge in [0.25, 0.3) is 5.89 Å². The summed E-state index contributed by atoms with van der Waals surface area (Å²) in [5.74, 6) is 1.00. The Kier molecular flexibility index (Phi) is 3.62. The van der Waals surface area contributed by atoms with Gasteiger partial charge in [-0.1, -0.05) is 5.16 Å². The predicted octanol–water partition coefficient (Wildman–Crippen LogP) is 2.67. The maximum Gasteiger partial charge on any atom is 0.343 e. The van der Waals surface area contributed by atoms with Crippen molar-refractivity contribution < 1.29 is 14.1 Å². The Morgan fingerprint density at radius 2 is 2.29 bits per heavy atom. The summed E-state index contributed by atoms with van der Waals surface area (Å²) in [6, 6.07) is 0.